The molecule has 0 bridgehead atoms. The van der Waals surface area contributed by atoms with Gasteiger partial charge in [-0.05, 0) is 96.4 Å². The molecule has 6 rings (SSSR count). The summed E-state index contributed by atoms with van der Waals surface area (Å²) in [6, 6.07) is 20.8. The lowest BCUT2D eigenvalue weighted by Crippen LogP contribution is -2.35. The van der Waals surface area contributed by atoms with Gasteiger partial charge in [0.2, 0.25) is 0 Å². The Balaban J connectivity index is 1.21. The number of aromatic hydroxyl groups is 1. The molecule has 0 amide bonds. The van der Waals surface area contributed by atoms with Gasteiger partial charge in [-0.3, -0.25) is 9.80 Å². The SMILES string of the molecule is COc1cc(Cc2c(-c3ccc(OCCN4CCC[C@H]4CO)cc3)sc3cc(O)ccc23)ccc1CN1CCOCC1. The Labute approximate surface area is 251 Å². The first-order chi connectivity index (χ1) is 20.6. The summed E-state index contributed by atoms with van der Waals surface area (Å²) in [7, 11) is 1.75. The van der Waals surface area contributed by atoms with Crippen LogP contribution in [0.3, 0.4) is 0 Å². The van der Waals surface area contributed by atoms with Crippen molar-refractivity contribution in [2.75, 3.05) is 59.7 Å². The number of morpholine rings is 1. The first-order valence-corrected chi connectivity index (χ1v) is 15.7. The van der Waals surface area contributed by atoms with Gasteiger partial charge in [-0.25, -0.2) is 0 Å². The minimum Gasteiger partial charge on any atom is -0.508 e. The Hall–Kier alpha value is -3.14. The number of thiophene rings is 1. The number of hydrogen-bond acceptors (Lipinski definition) is 8. The zero-order chi connectivity index (χ0) is 28.9. The van der Waals surface area contributed by atoms with E-state index in [-0.39, 0.29) is 18.4 Å². The van der Waals surface area contributed by atoms with Gasteiger partial charge in [-0.2, -0.15) is 0 Å². The molecule has 2 aliphatic heterocycles. The Morgan fingerprint density at radius 2 is 1.83 bits per heavy atom. The number of rotatable bonds is 11. The van der Waals surface area contributed by atoms with Crippen molar-refractivity contribution < 1.29 is 24.4 Å². The second-order valence-corrected chi connectivity index (χ2v) is 12.2. The molecule has 42 heavy (non-hydrogen) atoms. The maximum absolute atomic E-state index is 10.2. The number of likely N-dealkylation sites (tertiary alicyclic amines) is 1. The smallest absolute Gasteiger partial charge is 0.123 e. The Kier molecular flexibility index (Phi) is 9.27. The Bertz CT molecular complexity index is 1480. The molecular weight excluding hydrogens is 548 g/mol. The molecule has 0 spiro atoms. The molecule has 0 unspecified atom stereocenters. The summed E-state index contributed by atoms with van der Waals surface area (Å²) in [6.45, 7) is 6.96. The Morgan fingerprint density at radius 3 is 2.62 bits per heavy atom. The van der Waals surface area contributed by atoms with E-state index in [2.05, 4.69) is 40.1 Å². The molecule has 3 heterocycles. The molecule has 4 aromatic rings. The summed E-state index contributed by atoms with van der Waals surface area (Å²) in [6.07, 6.45) is 2.96. The van der Waals surface area contributed by atoms with Gasteiger partial charge in [0, 0.05) is 47.4 Å². The van der Waals surface area contributed by atoms with Crippen LogP contribution in [0.1, 0.15) is 29.5 Å². The molecule has 0 saturated carbocycles. The standard InChI is InChI=1S/C34H40N2O5S/c1-39-32-20-24(4-5-26(32)22-35-13-16-40-17-14-35)19-31-30-11-8-28(38)21-33(30)42-34(31)25-6-9-29(10-7-25)41-18-15-36-12-2-3-27(36)23-37/h4-11,20-21,27,37-38H,2-3,12-19,22-23H2,1H3/t27-/m0/s1. The molecule has 222 valence electrons. The highest BCUT2D eigenvalue weighted by Gasteiger charge is 2.23. The lowest BCUT2D eigenvalue weighted by atomic mass is 9.97. The van der Waals surface area contributed by atoms with Crippen molar-refractivity contribution in [3.05, 3.63) is 77.4 Å². The molecule has 2 N–H and O–H groups in total. The van der Waals surface area contributed by atoms with Gasteiger partial charge in [-0.1, -0.05) is 12.1 Å². The van der Waals surface area contributed by atoms with Crippen LogP contribution in [0, 0.1) is 0 Å². The molecule has 1 aromatic heterocycles. The predicted molar refractivity (Wildman–Crippen MR) is 168 cm³/mol. The third-order valence-electron chi connectivity index (χ3n) is 8.48. The number of nitrogens with zero attached hydrogens (tertiary/aromatic N) is 2. The van der Waals surface area contributed by atoms with Crippen molar-refractivity contribution in [1.82, 2.24) is 9.80 Å². The molecule has 1 atom stereocenters. The fourth-order valence-corrected chi connectivity index (χ4v) is 7.42. The molecular formula is C34H40N2O5S. The molecule has 2 saturated heterocycles. The van der Waals surface area contributed by atoms with Gasteiger partial charge >= 0.3 is 0 Å². The first kappa shape index (κ1) is 29.0. The van der Waals surface area contributed by atoms with Gasteiger partial charge in [0.05, 0.1) is 26.9 Å². The summed E-state index contributed by atoms with van der Waals surface area (Å²) in [5, 5.41) is 20.9. The number of hydrogen-bond donors (Lipinski definition) is 2. The maximum atomic E-state index is 10.2. The van der Waals surface area contributed by atoms with Crippen molar-refractivity contribution in [3.63, 3.8) is 0 Å². The third kappa shape index (κ3) is 6.58. The predicted octanol–water partition coefficient (Wildman–Crippen LogP) is 5.54. The largest absolute Gasteiger partial charge is 0.508 e. The fraction of sp³-hybridized carbons (Fsp3) is 0.412. The first-order valence-electron chi connectivity index (χ1n) is 14.9. The lowest BCUT2D eigenvalue weighted by Gasteiger charge is -2.27. The minimum atomic E-state index is 0.218. The van der Waals surface area contributed by atoms with Gasteiger partial charge < -0.3 is 24.4 Å². The van der Waals surface area contributed by atoms with E-state index in [1.165, 1.54) is 21.6 Å². The number of phenols is 1. The quantitative estimate of drug-likeness (QED) is 0.238. The van der Waals surface area contributed by atoms with Gasteiger partial charge in [0.15, 0.2) is 0 Å². The van der Waals surface area contributed by atoms with Crippen LogP contribution in [0.2, 0.25) is 0 Å². The lowest BCUT2D eigenvalue weighted by molar-refractivity contribution is 0.0339. The van der Waals surface area contributed by atoms with E-state index in [1.807, 2.05) is 24.3 Å². The number of aliphatic hydroxyl groups excluding tert-OH is 1. The highest BCUT2D eigenvalue weighted by atomic mass is 32.1. The highest BCUT2D eigenvalue weighted by molar-refractivity contribution is 7.22. The van der Waals surface area contributed by atoms with E-state index in [1.54, 1.807) is 24.5 Å². The van der Waals surface area contributed by atoms with Crippen LogP contribution in [-0.4, -0.2) is 85.8 Å². The monoisotopic (exact) mass is 588 g/mol. The van der Waals surface area contributed by atoms with Crippen LogP contribution >= 0.6 is 11.3 Å². The summed E-state index contributed by atoms with van der Waals surface area (Å²) in [5.74, 6) is 2.04. The minimum absolute atomic E-state index is 0.218. The van der Waals surface area contributed by atoms with Gasteiger partial charge in [0.1, 0.15) is 23.9 Å². The van der Waals surface area contributed by atoms with Crippen molar-refractivity contribution in [3.8, 4) is 27.7 Å². The van der Waals surface area contributed by atoms with Crippen LogP contribution in [0.25, 0.3) is 20.5 Å². The highest BCUT2D eigenvalue weighted by Crippen LogP contribution is 2.42. The molecule has 2 fully saturated rings. The van der Waals surface area contributed by atoms with Gasteiger partial charge in [-0.15, -0.1) is 11.3 Å². The summed E-state index contributed by atoms with van der Waals surface area (Å²) < 4.78 is 18.5. The Morgan fingerprint density at radius 1 is 1.00 bits per heavy atom. The number of benzene rings is 3. The van der Waals surface area contributed by atoms with Crippen molar-refractivity contribution in [1.29, 1.82) is 0 Å². The van der Waals surface area contributed by atoms with Crippen LogP contribution in [-0.2, 0) is 17.7 Å². The molecule has 8 heteroatoms. The molecule has 3 aromatic carbocycles. The summed E-state index contributed by atoms with van der Waals surface area (Å²) >= 11 is 1.71. The molecule has 0 radical (unpaired) electrons. The normalized spacial score (nSPS) is 18.1. The van der Waals surface area contributed by atoms with E-state index in [0.717, 1.165) is 92.3 Å². The van der Waals surface area contributed by atoms with Gasteiger partial charge in [0.25, 0.3) is 0 Å². The van der Waals surface area contributed by atoms with E-state index in [4.69, 9.17) is 14.2 Å². The average Bonchev–Trinajstić information content (AvgIpc) is 3.62. The molecule has 7 nitrogen and oxygen atoms in total. The van der Waals surface area contributed by atoms with E-state index >= 15 is 0 Å². The van der Waals surface area contributed by atoms with Crippen molar-refractivity contribution >= 4 is 21.4 Å². The average molecular weight is 589 g/mol. The van der Waals surface area contributed by atoms with Crippen LogP contribution in [0.5, 0.6) is 17.2 Å². The summed E-state index contributed by atoms with van der Waals surface area (Å²) in [5.41, 5.74) is 4.76. The number of phenolic OH excluding ortho intramolecular Hbond substituents is 1. The van der Waals surface area contributed by atoms with E-state index in [9.17, 15) is 10.2 Å². The number of methoxy groups -OCH3 is 1. The molecule has 0 aliphatic carbocycles. The number of fused-ring (bicyclic) bond motifs is 1. The van der Waals surface area contributed by atoms with Crippen LogP contribution in [0.4, 0.5) is 0 Å². The van der Waals surface area contributed by atoms with Crippen molar-refractivity contribution in [2.45, 2.75) is 31.8 Å². The molecule has 2 aliphatic rings. The van der Waals surface area contributed by atoms with Crippen LogP contribution < -0.4 is 9.47 Å². The fourth-order valence-electron chi connectivity index (χ4n) is 6.16. The summed E-state index contributed by atoms with van der Waals surface area (Å²) in [4.78, 5) is 5.92. The van der Waals surface area contributed by atoms with Crippen molar-refractivity contribution in [2.24, 2.45) is 0 Å². The third-order valence-corrected chi connectivity index (χ3v) is 9.72. The second kappa shape index (κ2) is 13.4. The van der Waals surface area contributed by atoms with E-state index in [0.29, 0.717) is 6.61 Å². The topological polar surface area (TPSA) is 74.6 Å². The number of ether oxygens (including phenoxy) is 3. The second-order valence-electron chi connectivity index (χ2n) is 11.2. The zero-order valence-corrected chi connectivity index (χ0v) is 25.1. The zero-order valence-electron chi connectivity index (χ0n) is 24.3. The van der Waals surface area contributed by atoms with E-state index < -0.39 is 0 Å². The maximum Gasteiger partial charge on any atom is 0.123 e. The number of aliphatic hydroxyl groups is 1. The van der Waals surface area contributed by atoms with Crippen LogP contribution in [0.15, 0.2) is 60.7 Å².